The largest absolute Gasteiger partial charge is 0.309 e. The molecule has 2 rings (SSSR count). The molecular formula is C17H20Cl2N2. The average molecular weight is 323 g/mol. The quantitative estimate of drug-likeness (QED) is 0.822. The van der Waals surface area contributed by atoms with Gasteiger partial charge in [0.15, 0.2) is 0 Å². The van der Waals surface area contributed by atoms with Gasteiger partial charge in [0.05, 0.1) is 21.8 Å². The van der Waals surface area contributed by atoms with E-state index in [0.717, 1.165) is 25.1 Å². The van der Waals surface area contributed by atoms with Gasteiger partial charge in [0.25, 0.3) is 0 Å². The average Bonchev–Trinajstić information content (AvgIpc) is 2.48. The lowest BCUT2D eigenvalue weighted by molar-refractivity contribution is 0.537. The second kappa shape index (κ2) is 7.79. The van der Waals surface area contributed by atoms with E-state index in [1.54, 1.807) is 12.3 Å². The number of aryl methyl sites for hydroxylation is 1. The Morgan fingerprint density at radius 2 is 1.76 bits per heavy atom. The van der Waals surface area contributed by atoms with Gasteiger partial charge in [0.1, 0.15) is 0 Å². The van der Waals surface area contributed by atoms with E-state index < -0.39 is 0 Å². The van der Waals surface area contributed by atoms with Gasteiger partial charge in [-0.2, -0.15) is 0 Å². The second-order valence-corrected chi connectivity index (χ2v) is 5.85. The minimum Gasteiger partial charge on any atom is -0.309 e. The fourth-order valence-electron chi connectivity index (χ4n) is 2.34. The molecule has 0 aliphatic heterocycles. The van der Waals surface area contributed by atoms with Crippen LogP contribution in [0.15, 0.2) is 36.5 Å². The van der Waals surface area contributed by atoms with Gasteiger partial charge in [-0.15, -0.1) is 0 Å². The Labute approximate surface area is 136 Å². The Hall–Kier alpha value is -1.09. The zero-order valence-corrected chi connectivity index (χ0v) is 13.9. The van der Waals surface area contributed by atoms with Crippen molar-refractivity contribution in [3.63, 3.8) is 0 Å². The number of pyridine rings is 1. The lowest BCUT2D eigenvalue weighted by atomic mass is 10.0. The lowest BCUT2D eigenvalue weighted by Crippen LogP contribution is -2.24. The highest BCUT2D eigenvalue weighted by Gasteiger charge is 2.16. The van der Waals surface area contributed by atoms with Crippen LogP contribution in [0.25, 0.3) is 0 Å². The highest BCUT2D eigenvalue weighted by molar-refractivity contribution is 6.34. The summed E-state index contributed by atoms with van der Waals surface area (Å²) in [6.45, 7) is 5.10. The molecule has 0 aliphatic carbocycles. The maximum atomic E-state index is 6.29. The van der Waals surface area contributed by atoms with Gasteiger partial charge < -0.3 is 5.32 Å². The van der Waals surface area contributed by atoms with E-state index >= 15 is 0 Å². The van der Waals surface area contributed by atoms with Crippen molar-refractivity contribution < 1.29 is 0 Å². The number of aromatic nitrogens is 1. The van der Waals surface area contributed by atoms with Crippen LogP contribution in [-0.2, 0) is 12.8 Å². The second-order valence-electron chi connectivity index (χ2n) is 5.01. The molecule has 4 heteroatoms. The van der Waals surface area contributed by atoms with E-state index in [-0.39, 0.29) is 6.04 Å². The van der Waals surface area contributed by atoms with Crippen LogP contribution in [0.3, 0.4) is 0 Å². The number of nitrogens with one attached hydrogen (secondary N) is 1. The molecule has 0 spiro atoms. The third-order valence-electron chi connectivity index (χ3n) is 3.49. The van der Waals surface area contributed by atoms with E-state index in [0.29, 0.717) is 10.0 Å². The smallest absolute Gasteiger partial charge is 0.0763 e. The van der Waals surface area contributed by atoms with Gasteiger partial charge >= 0.3 is 0 Å². The molecular weight excluding hydrogens is 303 g/mol. The third-order valence-corrected chi connectivity index (χ3v) is 4.00. The van der Waals surface area contributed by atoms with Crippen molar-refractivity contribution in [2.24, 2.45) is 0 Å². The van der Waals surface area contributed by atoms with Gasteiger partial charge in [0.2, 0.25) is 0 Å². The molecule has 1 aromatic heterocycles. The molecule has 1 heterocycles. The molecule has 0 saturated heterocycles. The Bertz CT molecular complexity index is 582. The van der Waals surface area contributed by atoms with Crippen molar-refractivity contribution in [1.82, 2.24) is 10.3 Å². The van der Waals surface area contributed by atoms with Crippen molar-refractivity contribution in [3.05, 3.63) is 63.4 Å². The molecule has 1 atom stereocenters. The van der Waals surface area contributed by atoms with E-state index in [1.807, 2.05) is 0 Å². The SMILES string of the molecule is CCNC(Cc1ccc(CC)cc1)c1ncc(Cl)cc1Cl. The van der Waals surface area contributed by atoms with Crippen LogP contribution < -0.4 is 5.32 Å². The lowest BCUT2D eigenvalue weighted by Gasteiger charge is -2.19. The Kier molecular flexibility index (Phi) is 6.04. The fourth-order valence-corrected chi connectivity index (χ4v) is 2.85. The summed E-state index contributed by atoms with van der Waals surface area (Å²) in [5.41, 5.74) is 3.47. The van der Waals surface area contributed by atoms with Crippen LogP contribution in [0.5, 0.6) is 0 Å². The summed E-state index contributed by atoms with van der Waals surface area (Å²) in [5.74, 6) is 0. The van der Waals surface area contributed by atoms with Crippen LogP contribution in [0.1, 0.15) is 36.7 Å². The molecule has 0 amide bonds. The molecule has 21 heavy (non-hydrogen) atoms. The molecule has 2 aromatic rings. The van der Waals surface area contributed by atoms with E-state index in [1.165, 1.54) is 11.1 Å². The van der Waals surface area contributed by atoms with Crippen LogP contribution >= 0.6 is 23.2 Å². The fraction of sp³-hybridized carbons (Fsp3) is 0.353. The highest BCUT2D eigenvalue weighted by atomic mass is 35.5. The Morgan fingerprint density at radius 3 is 2.33 bits per heavy atom. The molecule has 2 nitrogen and oxygen atoms in total. The van der Waals surface area contributed by atoms with Crippen molar-refractivity contribution >= 4 is 23.2 Å². The molecule has 0 saturated carbocycles. The molecule has 112 valence electrons. The number of halogens is 2. The topological polar surface area (TPSA) is 24.9 Å². The number of rotatable bonds is 6. The van der Waals surface area contributed by atoms with E-state index in [4.69, 9.17) is 23.2 Å². The maximum Gasteiger partial charge on any atom is 0.0763 e. The predicted octanol–water partition coefficient (Wildman–Crippen LogP) is 4.84. The van der Waals surface area contributed by atoms with Crippen molar-refractivity contribution in [3.8, 4) is 0 Å². The molecule has 0 radical (unpaired) electrons. The zero-order valence-electron chi connectivity index (χ0n) is 12.4. The van der Waals surface area contributed by atoms with Crippen LogP contribution in [0, 0.1) is 0 Å². The summed E-state index contributed by atoms with van der Waals surface area (Å²) in [7, 11) is 0. The van der Waals surface area contributed by atoms with Crippen LogP contribution in [-0.4, -0.2) is 11.5 Å². The van der Waals surface area contributed by atoms with Crippen molar-refractivity contribution in [2.75, 3.05) is 6.54 Å². The number of benzene rings is 1. The monoisotopic (exact) mass is 322 g/mol. The summed E-state index contributed by atoms with van der Waals surface area (Å²) >= 11 is 12.2. The molecule has 0 fully saturated rings. The summed E-state index contributed by atoms with van der Waals surface area (Å²) in [6.07, 6.45) is 3.56. The van der Waals surface area contributed by atoms with E-state index in [9.17, 15) is 0 Å². The van der Waals surface area contributed by atoms with Crippen molar-refractivity contribution in [2.45, 2.75) is 32.7 Å². The zero-order chi connectivity index (χ0) is 15.2. The number of hydrogen-bond donors (Lipinski definition) is 1. The highest BCUT2D eigenvalue weighted by Crippen LogP contribution is 2.26. The van der Waals surface area contributed by atoms with Gasteiger partial charge in [-0.3, -0.25) is 4.98 Å². The van der Waals surface area contributed by atoms with Gasteiger partial charge in [-0.25, -0.2) is 0 Å². The number of hydrogen-bond acceptors (Lipinski definition) is 2. The number of likely N-dealkylation sites (N-methyl/N-ethyl adjacent to an activating group) is 1. The maximum absolute atomic E-state index is 6.29. The van der Waals surface area contributed by atoms with Crippen LogP contribution in [0.4, 0.5) is 0 Å². The summed E-state index contributed by atoms with van der Waals surface area (Å²) in [5, 5.41) is 4.62. The van der Waals surface area contributed by atoms with Gasteiger partial charge in [-0.05, 0) is 36.6 Å². The van der Waals surface area contributed by atoms with Gasteiger partial charge in [-0.1, -0.05) is 61.3 Å². The minimum absolute atomic E-state index is 0.0900. The summed E-state index contributed by atoms with van der Waals surface area (Å²) < 4.78 is 0. The minimum atomic E-state index is 0.0900. The van der Waals surface area contributed by atoms with Crippen LogP contribution in [0.2, 0.25) is 10.0 Å². The normalized spacial score (nSPS) is 12.4. The summed E-state index contributed by atoms with van der Waals surface area (Å²) in [4.78, 5) is 4.40. The molecule has 0 bridgehead atoms. The van der Waals surface area contributed by atoms with Crippen molar-refractivity contribution in [1.29, 1.82) is 0 Å². The Morgan fingerprint density at radius 1 is 1.10 bits per heavy atom. The first-order chi connectivity index (χ1) is 10.1. The molecule has 1 unspecified atom stereocenters. The van der Waals surface area contributed by atoms with Gasteiger partial charge in [0, 0.05) is 6.20 Å². The third kappa shape index (κ3) is 4.44. The standard InChI is InChI=1S/C17H20Cl2N2/c1-3-12-5-7-13(8-6-12)9-16(20-4-2)17-15(19)10-14(18)11-21-17/h5-8,10-11,16,20H,3-4,9H2,1-2H3. The summed E-state index contributed by atoms with van der Waals surface area (Å²) in [6, 6.07) is 10.5. The molecule has 1 N–H and O–H groups in total. The first-order valence-corrected chi connectivity index (χ1v) is 8.01. The first-order valence-electron chi connectivity index (χ1n) is 7.26. The molecule has 1 aromatic carbocycles. The number of nitrogens with zero attached hydrogens (tertiary/aromatic N) is 1. The molecule has 0 aliphatic rings. The van der Waals surface area contributed by atoms with E-state index in [2.05, 4.69) is 48.4 Å². The predicted molar refractivity (Wildman–Crippen MR) is 90.2 cm³/mol. The Balaban J connectivity index is 2.21. The first kappa shape index (κ1) is 16.3.